The highest BCUT2D eigenvalue weighted by Gasteiger charge is 2.11. The van der Waals surface area contributed by atoms with E-state index in [4.69, 9.17) is 0 Å². The van der Waals surface area contributed by atoms with Crippen molar-refractivity contribution in [2.75, 3.05) is 12.9 Å². The van der Waals surface area contributed by atoms with E-state index in [1.54, 1.807) is 11.8 Å². The van der Waals surface area contributed by atoms with Gasteiger partial charge in [0.15, 0.2) is 0 Å². The number of rotatable bonds is 4. The van der Waals surface area contributed by atoms with Crippen molar-refractivity contribution in [1.29, 1.82) is 0 Å². The minimum Gasteiger partial charge on any atom is -0.468 e. The molecular formula is C7H14O2S. The third-order valence-electron chi connectivity index (χ3n) is 1.11. The van der Waals surface area contributed by atoms with Gasteiger partial charge in [0.1, 0.15) is 0 Å². The van der Waals surface area contributed by atoms with Crippen LogP contribution in [-0.2, 0) is 9.53 Å². The predicted octanol–water partition coefficient (Wildman–Crippen LogP) is 1.69. The van der Waals surface area contributed by atoms with Gasteiger partial charge in [-0.05, 0) is 19.1 Å². The highest BCUT2D eigenvalue weighted by molar-refractivity contribution is 8.00. The van der Waals surface area contributed by atoms with Gasteiger partial charge in [0.25, 0.3) is 0 Å². The molecule has 0 aliphatic rings. The lowest BCUT2D eigenvalue weighted by Gasteiger charge is -2.06. The Bertz CT molecular complexity index is 104. The molecule has 0 heterocycles. The maximum Gasteiger partial charge on any atom is 0.318 e. The molecule has 3 heteroatoms. The molecule has 0 aliphatic heterocycles. The molecule has 0 aliphatic carbocycles. The fraction of sp³-hybridized carbons (Fsp3) is 0.857. The topological polar surface area (TPSA) is 26.3 Å². The summed E-state index contributed by atoms with van der Waals surface area (Å²) in [4.78, 5) is 10.8. The second kappa shape index (κ2) is 5.59. The van der Waals surface area contributed by atoms with Crippen LogP contribution >= 0.6 is 11.8 Å². The van der Waals surface area contributed by atoms with Gasteiger partial charge in [0.2, 0.25) is 0 Å². The van der Waals surface area contributed by atoms with Crippen molar-refractivity contribution in [3.8, 4) is 0 Å². The standard InChI is InChI=1S/C7H14O2S/c1-4-5-10-6(2)7(8)9-3/h6H,4-5H2,1-3H3. The summed E-state index contributed by atoms with van der Waals surface area (Å²) in [5.74, 6) is 0.898. The maximum atomic E-state index is 10.8. The first-order valence-corrected chi connectivity index (χ1v) is 4.46. The van der Waals surface area contributed by atoms with Crippen LogP contribution in [0.1, 0.15) is 20.3 Å². The molecule has 0 saturated carbocycles. The number of carbonyl (C=O) groups is 1. The van der Waals surface area contributed by atoms with E-state index in [-0.39, 0.29) is 11.2 Å². The molecule has 60 valence electrons. The van der Waals surface area contributed by atoms with E-state index in [2.05, 4.69) is 11.7 Å². The highest BCUT2D eigenvalue weighted by Crippen LogP contribution is 2.11. The zero-order valence-electron chi connectivity index (χ0n) is 6.72. The first-order valence-electron chi connectivity index (χ1n) is 3.41. The van der Waals surface area contributed by atoms with Gasteiger partial charge in [-0.2, -0.15) is 0 Å². The molecule has 1 unspecified atom stereocenters. The summed E-state index contributed by atoms with van der Waals surface area (Å²) in [5, 5.41) is -0.00931. The van der Waals surface area contributed by atoms with Gasteiger partial charge < -0.3 is 4.74 Å². The van der Waals surface area contributed by atoms with Crippen LogP contribution in [0.25, 0.3) is 0 Å². The quantitative estimate of drug-likeness (QED) is 0.588. The Labute approximate surface area is 66.3 Å². The molecule has 0 aromatic rings. The van der Waals surface area contributed by atoms with Crippen molar-refractivity contribution >= 4 is 17.7 Å². The van der Waals surface area contributed by atoms with Gasteiger partial charge in [-0.15, -0.1) is 11.8 Å². The molecule has 0 aromatic carbocycles. The van der Waals surface area contributed by atoms with Crippen molar-refractivity contribution in [3.05, 3.63) is 0 Å². The predicted molar refractivity (Wildman–Crippen MR) is 44.2 cm³/mol. The van der Waals surface area contributed by atoms with E-state index in [0.717, 1.165) is 12.2 Å². The Kier molecular flexibility index (Phi) is 5.49. The van der Waals surface area contributed by atoms with Crippen LogP contribution in [0.4, 0.5) is 0 Å². The van der Waals surface area contributed by atoms with Crippen molar-refractivity contribution in [2.24, 2.45) is 0 Å². The Morgan fingerprint density at radius 2 is 2.30 bits per heavy atom. The molecular weight excluding hydrogens is 148 g/mol. The van der Waals surface area contributed by atoms with E-state index < -0.39 is 0 Å². The van der Waals surface area contributed by atoms with E-state index >= 15 is 0 Å². The van der Waals surface area contributed by atoms with Gasteiger partial charge in [-0.25, -0.2) is 0 Å². The van der Waals surface area contributed by atoms with Gasteiger partial charge in [0.05, 0.1) is 12.4 Å². The van der Waals surface area contributed by atoms with Gasteiger partial charge in [-0.3, -0.25) is 4.79 Å². The summed E-state index contributed by atoms with van der Waals surface area (Å²) in [5.41, 5.74) is 0. The average molecular weight is 162 g/mol. The van der Waals surface area contributed by atoms with Gasteiger partial charge in [0, 0.05) is 0 Å². The van der Waals surface area contributed by atoms with E-state index in [9.17, 15) is 4.79 Å². The first-order chi connectivity index (χ1) is 4.72. The lowest BCUT2D eigenvalue weighted by molar-refractivity contribution is -0.139. The lowest BCUT2D eigenvalue weighted by atomic mass is 10.5. The van der Waals surface area contributed by atoms with E-state index in [1.807, 2.05) is 6.92 Å². The van der Waals surface area contributed by atoms with Gasteiger partial charge >= 0.3 is 5.97 Å². The maximum absolute atomic E-state index is 10.8. The van der Waals surface area contributed by atoms with Crippen molar-refractivity contribution < 1.29 is 9.53 Å². The van der Waals surface area contributed by atoms with Crippen LogP contribution in [-0.4, -0.2) is 24.1 Å². The Balaban J connectivity index is 3.41. The fourth-order valence-electron chi connectivity index (χ4n) is 0.529. The summed E-state index contributed by atoms with van der Waals surface area (Å²) in [6.45, 7) is 3.96. The number of hydrogen-bond acceptors (Lipinski definition) is 3. The molecule has 0 N–H and O–H groups in total. The molecule has 1 atom stereocenters. The number of hydrogen-bond donors (Lipinski definition) is 0. The Morgan fingerprint density at radius 3 is 2.70 bits per heavy atom. The van der Waals surface area contributed by atoms with Crippen LogP contribution < -0.4 is 0 Å². The summed E-state index contributed by atoms with van der Waals surface area (Å²) < 4.78 is 4.55. The molecule has 0 radical (unpaired) electrons. The monoisotopic (exact) mass is 162 g/mol. The zero-order chi connectivity index (χ0) is 7.98. The minimum absolute atomic E-state index is 0.00931. The van der Waals surface area contributed by atoms with Crippen LogP contribution in [0.5, 0.6) is 0 Å². The number of ether oxygens (including phenoxy) is 1. The molecule has 10 heavy (non-hydrogen) atoms. The second-order valence-corrected chi connectivity index (χ2v) is 3.48. The summed E-state index contributed by atoms with van der Waals surface area (Å²) in [6.07, 6.45) is 1.10. The largest absolute Gasteiger partial charge is 0.468 e. The van der Waals surface area contributed by atoms with Crippen LogP contribution in [0.15, 0.2) is 0 Å². The van der Waals surface area contributed by atoms with Gasteiger partial charge in [-0.1, -0.05) is 6.92 Å². The smallest absolute Gasteiger partial charge is 0.318 e. The number of carbonyl (C=O) groups excluding carboxylic acids is 1. The summed E-state index contributed by atoms with van der Waals surface area (Å²) in [6, 6.07) is 0. The molecule has 0 spiro atoms. The number of methoxy groups -OCH3 is 1. The molecule has 2 nitrogen and oxygen atoms in total. The normalized spacial score (nSPS) is 12.7. The average Bonchev–Trinajstić information content (AvgIpc) is 1.98. The zero-order valence-corrected chi connectivity index (χ0v) is 7.53. The number of esters is 1. The Hall–Kier alpha value is -0.180. The third kappa shape index (κ3) is 3.77. The minimum atomic E-state index is -0.126. The summed E-state index contributed by atoms with van der Waals surface area (Å²) in [7, 11) is 1.42. The highest BCUT2D eigenvalue weighted by atomic mass is 32.2. The lowest BCUT2D eigenvalue weighted by Crippen LogP contribution is -2.14. The van der Waals surface area contributed by atoms with Crippen molar-refractivity contribution in [2.45, 2.75) is 25.5 Å². The van der Waals surface area contributed by atoms with Crippen LogP contribution in [0, 0.1) is 0 Å². The third-order valence-corrected chi connectivity index (χ3v) is 2.44. The van der Waals surface area contributed by atoms with E-state index in [0.29, 0.717) is 0 Å². The van der Waals surface area contributed by atoms with Crippen LogP contribution in [0.3, 0.4) is 0 Å². The molecule has 0 fully saturated rings. The van der Waals surface area contributed by atoms with Crippen LogP contribution in [0.2, 0.25) is 0 Å². The molecule has 0 bridgehead atoms. The van der Waals surface area contributed by atoms with E-state index in [1.165, 1.54) is 7.11 Å². The Morgan fingerprint density at radius 1 is 1.70 bits per heavy atom. The van der Waals surface area contributed by atoms with Crippen molar-refractivity contribution in [3.63, 3.8) is 0 Å². The second-order valence-electron chi connectivity index (χ2n) is 2.04. The SMILES string of the molecule is CCCSC(C)C(=O)OC. The molecule has 0 amide bonds. The molecule has 0 aromatic heterocycles. The summed E-state index contributed by atoms with van der Waals surface area (Å²) >= 11 is 1.63. The molecule has 0 saturated heterocycles. The number of thioether (sulfide) groups is 1. The molecule has 0 rings (SSSR count). The first kappa shape index (κ1) is 9.82. The van der Waals surface area contributed by atoms with Crippen molar-refractivity contribution in [1.82, 2.24) is 0 Å². The fourth-order valence-corrected chi connectivity index (χ4v) is 1.35.